The third-order valence-corrected chi connectivity index (χ3v) is 3.61. The van der Waals surface area contributed by atoms with Crippen molar-refractivity contribution in [3.8, 4) is 0 Å². The van der Waals surface area contributed by atoms with Crippen molar-refractivity contribution in [3.63, 3.8) is 0 Å². The number of carbonyl (C=O) groups is 1. The number of carbonyl (C=O) groups excluding carboxylic acids is 1. The molecule has 0 unspecified atom stereocenters. The molecular weight excluding hydrogens is 312 g/mol. The van der Waals surface area contributed by atoms with E-state index in [0.717, 1.165) is 17.1 Å². The van der Waals surface area contributed by atoms with Gasteiger partial charge in [0, 0.05) is 24.1 Å². The number of nitro benzene ring substituents is 1. The quantitative estimate of drug-likeness (QED) is 0.430. The number of aromatic nitrogens is 3. The summed E-state index contributed by atoms with van der Waals surface area (Å²) < 4.78 is 1.65. The molecule has 1 aromatic carbocycles. The van der Waals surface area contributed by atoms with E-state index in [1.165, 1.54) is 18.3 Å². The number of nitrogens with two attached hydrogens (primary N) is 1. The van der Waals surface area contributed by atoms with E-state index in [4.69, 9.17) is 5.73 Å². The molecule has 122 valence electrons. The van der Waals surface area contributed by atoms with Crippen molar-refractivity contribution >= 4 is 34.0 Å². The number of aryl methyl sites for hydroxylation is 2. The standard InChI is InChI=1S/C15H14N6O3/c1-8-11-6-10(7-17-14(11)20(2)19-8)18-15(22)9-3-4-12(16)13(5-9)21(23)24/h3-7H,16H2,1-2H3,(H,18,22). The van der Waals surface area contributed by atoms with Crippen LogP contribution in [0.25, 0.3) is 11.0 Å². The van der Waals surface area contributed by atoms with Crippen LogP contribution in [0.4, 0.5) is 17.1 Å². The number of nitrogen functional groups attached to an aromatic ring is 1. The molecule has 24 heavy (non-hydrogen) atoms. The zero-order chi connectivity index (χ0) is 17.4. The fourth-order valence-electron chi connectivity index (χ4n) is 2.42. The zero-order valence-corrected chi connectivity index (χ0v) is 13.0. The highest BCUT2D eigenvalue weighted by molar-refractivity contribution is 6.05. The Kier molecular flexibility index (Phi) is 3.60. The first-order chi connectivity index (χ1) is 11.4. The summed E-state index contributed by atoms with van der Waals surface area (Å²) in [7, 11) is 1.79. The predicted molar refractivity (Wildman–Crippen MR) is 88.7 cm³/mol. The van der Waals surface area contributed by atoms with Gasteiger partial charge in [-0.25, -0.2) is 4.98 Å². The van der Waals surface area contributed by atoms with Gasteiger partial charge >= 0.3 is 0 Å². The second-order valence-corrected chi connectivity index (χ2v) is 5.29. The topological polar surface area (TPSA) is 129 Å². The Bertz CT molecular complexity index is 979. The van der Waals surface area contributed by atoms with Crippen LogP contribution in [0.15, 0.2) is 30.5 Å². The van der Waals surface area contributed by atoms with Crippen molar-refractivity contribution in [2.75, 3.05) is 11.1 Å². The van der Waals surface area contributed by atoms with Crippen LogP contribution in [0.3, 0.4) is 0 Å². The molecule has 0 bridgehead atoms. The van der Waals surface area contributed by atoms with Gasteiger partial charge in [-0.15, -0.1) is 0 Å². The average molecular weight is 326 g/mol. The van der Waals surface area contributed by atoms with Crippen LogP contribution in [0, 0.1) is 17.0 Å². The molecule has 0 saturated heterocycles. The smallest absolute Gasteiger partial charge is 0.292 e. The van der Waals surface area contributed by atoms with Gasteiger partial charge < -0.3 is 11.1 Å². The fraction of sp³-hybridized carbons (Fsp3) is 0.133. The molecule has 0 aliphatic rings. The van der Waals surface area contributed by atoms with Crippen LogP contribution in [0.2, 0.25) is 0 Å². The summed E-state index contributed by atoms with van der Waals surface area (Å²) in [6.07, 6.45) is 1.51. The first-order valence-corrected chi connectivity index (χ1v) is 7.01. The Morgan fingerprint density at radius 3 is 2.83 bits per heavy atom. The van der Waals surface area contributed by atoms with E-state index in [0.29, 0.717) is 11.3 Å². The molecule has 1 amide bonds. The highest BCUT2D eigenvalue weighted by Crippen LogP contribution is 2.24. The molecule has 0 saturated carbocycles. The third kappa shape index (κ3) is 2.62. The Hall–Kier alpha value is -3.49. The predicted octanol–water partition coefficient (Wildman–Crippen LogP) is 2.02. The molecule has 0 spiro atoms. The number of nitrogens with zero attached hydrogens (tertiary/aromatic N) is 4. The Morgan fingerprint density at radius 1 is 1.38 bits per heavy atom. The summed E-state index contributed by atoms with van der Waals surface area (Å²) in [4.78, 5) is 26.9. The molecule has 0 fully saturated rings. The van der Waals surface area contributed by atoms with Gasteiger partial charge in [0.2, 0.25) is 0 Å². The van der Waals surface area contributed by atoms with E-state index in [-0.39, 0.29) is 16.9 Å². The van der Waals surface area contributed by atoms with Crippen molar-refractivity contribution in [2.24, 2.45) is 7.05 Å². The number of nitro groups is 1. The molecule has 3 N–H and O–H groups in total. The molecule has 3 aromatic rings. The lowest BCUT2D eigenvalue weighted by Gasteiger charge is -2.06. The van der Waals surface area contributed by atoms with Crippen LogP contribution in [0.1, 0.15) is 16.1 Å². The van der Waals surface area contributed by atoms with Crippen LogP contribution < -0.4 is 11.1 Å². The van der Waals surface area contributed by atoms with Gasteiger partial charge in [-0.1, -0.05) is 0 Å². The van der Waals surface area contributed by atoms with E-state index in [1.807, 2.05) is 6.92 Å². The van der Waals surface area contributed by atoms with Gasteiger partial charge in [-0.2, -0.15) is 5.10 Å². The minimum Gasteiger partial charge on any atom is -0.393 e. The number of fused-ring (bicyclic) bond motifs is 1. The number of amides is 1. The molecule has 0 radical (unpaired) electrons. The summed E-state index contributed by atoms with van der Waals surface area (Å²) in [5.41, 5.74) is 7.34. The number of benzene rings is 1. The van der Waals surface area contributed by atoms with Crippen LogP contribution in [-0.4, -0.2) is 25.6 Å². The van der Waals surface area contributed by atoms with E-state index in [2.05, 4.69) is 15.4 Å². The summed E-state index contributed by atoms with van der Waals surface area (Å²) in [5.74, 6) is -0.485. The second kappa shape index (κ2) is 5.61. The molecule has 9 heteroatoms. The van der Waals surface area contributed by atoms with E-state index >= 15 is 0 Å². The van der Waals surface area contributed by atoms with E-state index in [9.17, 15) is 14.9 Å². The van der Waals surface area contributed by atoms with Crippen molar-refractivity contribution in [1.82, 2.24) is 14.8 Å². The van der Waals surface area contributed by atoms with Crippen LogP contribution >= 0.6 is 0 Å². The average Bonchev–Trinajstić information content (AvgIpc) is 2.81. The monoisotopic (exact) mass is 326 g/mol. The highest BCUT2D eigenvalue weighted by Gasteiger charge is 2.16. The van der Waals surface area contributed by atoms with Gasteiger partial charge in [0.1, 0.15) is 5.69 Å². The molecule has 0 aliphatic carbocycles. The Labute approximate surface area is 136 Å². The first-order valence-electron chi connectivity index (χ1n) is 7.01. The summed E-state index contributed by atoms with van der Waals surface area (Å²) in [6, 6.07) is 5.67. The van der Waals surface area contributed by atoms with Gasteiger partial charge in [-0.05, 0) is 25.1 Å². The van der Waals surface area contributed by atoms with Crippen LogP contribution in [0.5, 0.6) is 0 Å². The van der Waals surface area contributed by atoms with E-state index < -0.39 is 10.8 Å². The third-order valence-electron chi connectivity index (χ3n) is 3.61. The molecular formula is C15H14N6O3. The minimum absolute atomic E-state index is 0.00520. The number of pyridine rings is 1. The SMILES string of the molecule is Cc1nn(C)c2ncc(NC(=O)c3ccc(N)c([N+](=O)[O-])c3)cc12. The molecule has 2 heterocycles. The lowest BCUT2D eigenvalue weighted by Crippen LogP contribution is -2.12. The van der Waals surface area contributed by atoms with E-state index in [1.54, 1.807) is 17.8 Å². The maximum atomic E-state index is 12.3. The zero-order valence-electron chi connectivity index (χ0n) is 13.0. The van der Waals surface area contributed by atoms with Crippen molar-refractivity contribution < 1.29 is 9.72 Å². The lowest BCUT2D eigenvalue weighted by molar-refractivity contribution is -0.383. The number of hydrogen-bond donors (Lipinski definition) is 2. The fourth-order valence-corrected chi connectivity index (χ4v) is 2.42. The normalized spacial score (nSPS) is 10.8. The minimum atomic E-state index is -0.626. The van der Waals surface area contributed by atoms with Gasteiger partial charge in [0.05, 0.1) is 22.5 Å². The van der Waals surface area contributed by atoms with Crippen molar-refractivity contribution in [2.45, 2.75) is 6.92 Å². The molecule has 2 aromatic heterocycles. The number of anilines is 2. The van der Waals surface area contributed by atoms with Gasteiger partial charge in [0.15, 0.2) is 5.65 Å². The lowest BCUT2D eigenvalue weighted by atomic mass is 10.1. The largest absolute Gasteiger partial charge is 0.393 e. The van der Waals surface area contributed by atoms with Gasteiger partial charge in [-0.3, -0.25) is 19.6 Å². The van der Waals surface area contributed by atoms with Crippen LogP contribution in [-0.2, 0) is 7.05 Å². The number of nitrogens with one attached hydrogen (secondary N) is 1. The molecule has 0 aliphatic heterocycles. The summed E-state index contributed by atoms with van der Waals surface area (Å²) in [6.45, 7) is 1.85. The second-order valence-electron chi connectivity index (χ2n) is 5.29. The first kappa shape index (κ1) is 15.4. The van der Waals surface area contributed by atoms with Crippen molar-refractivity contribution in [1.29, 1.82) is 0 Å². The maximum Gasteiger partial charge on any atom is 0.292 e. The highest BCUT2D eigenvalue weighted by atomic mass is 16.6. The molecule has 0 atom stereocenters. The summed E-state index contributed by atoms with van der Waals surface area (Å²) in [5, 5.41) is 18.7. The van der Waals surface area contributed by atoms with Gasteiger partial charge in [0.25, 0.3) is 11.6 Å². The Balaban J connectivity index is 1.91. The Morgan fingerprint density at radius 2 is 2.12 bits per heavy atom. The number of hydrogen-bond acceptors (Lipinski definition) is 6. The molecule has 3 rings (SSSR count). The maximum absolute atomic E-state index is 12.3. The number of rotatable bonds is 3. The molecule has 9 nitrogen and oxygen atoms in total. The summed E-state index contributed by atoms with van der Waals surface area (Å²) >= 11 is 0. The van der Waals surface area contributed by atoms with Crippen molar-refractivity contribution in [3.05, 3.63) is 51.8 Å².